The van der Waals surface area contributed by atoms with Crippen LogP contribution in [-0.4, -0.2) is 47.8 Å². The minimum absolute atomic E-state index is 0.110. The van der Waals surface area contributed by atoms with E-state index in [1.54, 1.807) is 12.1 Å². The summed E-state index contributed by atoms with van der Waals surface area (Å²) in [6.07, 6.45) is -3.84. The fraction of sp³-hybridized carbons (Fsp3) is 0.500. The lowest BCUT2D eigenvalue weighted by Crippen LogP contribution is -2.32. The van der Waals surface area contributed by atoms with Crippen molar-refractivity contribution in [3.63, 3.8) is 0 Å². The Morgan fingerprint density at radius 3 is 2.59 bits per heavy atom. The summed E-state index contributed by atoms with van der Waals surface area (Å²) >= 11 is 0. The first-order chi connectivity index (χ1) is 12.7. The molecule has 148 valence electrons. The molecule has 2 heterocycles. The maximum absolute atomic E-state index is 12.5. The van der Waals surface area contributed by atoms with Crippen molar-refractivity contribution in [1.82, 2.24) is 14.4 Å². The molecule has 1 aliphatic rings. The van der Waals surface area contributed by atoms with Crippen molar-refractivity contribution < 1.29 is 30.8 Å². The Balaban J connectivity index is 1.63. The van der Waals surface area contributed by atoms with Crippen molar-refractivity contribution in [2.24, 2.45) is 0 Å². The number of halogens is 3. The van der Waals surface area contributed by atoms with E-state index in [0.717, 1.165) is 0 Å². The normalized spacial score (nSPS) is 18.7. The van der Waals surface area contributed by atoms with E-state index in [0.29, 0.717) is 30.7 Å². The highest BCUT2D eigenvalue weighted by Crippen LogP contribution is 2.30. The zero-order chi connectivity index (χ0) is 19.7. The maximum Gasteiger partial charge on any atom is 0.471 e. The number of hydrogen-bond donors (Lipinski definition) is 0. The third kappa shape index (κ3) is 4.59. The molecule has 1 aromatic heterocycles. The fourth-order valence-corrected chi connectivity index (χ4v) is 4.32. The Kier molecular flexibility index (Phi) is 5.43. The van der Waals surface area contributed by atoms with Gasteiger partial charge in [0.25, 0.3) is 0 Å². The molecule has 3 rings (SSSR count). The monoisotopic (exact) mass is 405 g/mol. The van der Waals surface area contributed by atoms with Gasteiger partial charge in [-0.1, -0.05) is 12.1 Å². The molecule has 1 aliphatic heterocycles. The molecule has 1 fully saturated rings. The molecule has 7 nitrogen and oxygen atoms in total. The highest BCUT2D eigenvalue weighted by atomic mass is 32.2. The molecule has 0 unspecified atom stereocenters. The first-order valence-electron chi connectivity index (χ1n) is 8.35. The average Bonchev–Trinajstić information content (AvgIpc) is 3.25. The van der Waals surface area contributed by atoms with Gasteiger partial charge in [-0.25, -0.2) is 8.42 Å². The van der Waals surface area contributed by atoms with Gasteiger partial charge < -0.3 is 9.26 Å². The Hall–Kier alpha value is -2.14. The molecule has 1 aromatic carbocycles. The summed E-state index contributed by atoms with van der Waals surface area (Å²) in [7, 11) is -3.25. The van der Waals surface area contributed by atoms with Crippen LogP contribution < -0.4 is 4.74 Å². The van der Waals surface area contributed by atoms with Gasteiger partial charge in [0.15, 0.2) is 0 Å². The van der Waals surface area contributed by atoms with Crippen LogP contribution in [0.2, 0.25) is 0 Å². The second kappa shape index (κ2) is 7.47. The Bertz CT molecular complexity index is 881. The second-order valence-electron chi connectivity index (χ2n) is 6.15. The van der Waals surface area contributed by atoms with E-state index in [9.17, 15) is 21.6 Å². The first-order valence-corrected chi connectivity index (χ1v) is 9.96. The van der Waals surface area contributed by atoms with E-state index in [1.807, 2.05) is 6.92 Å². The lowest BCUT2D eigenvalue weighted by Gasteiger charge is -2.17. The summed E-state index contributed by atoms with van der Waals surface area (Å²) in [6, 6.07) is 6.17. The number of benzene rings is 1. The minimum atomic E-state index is -4.69. The molecule has 0 bridgehead atoms. The van der Waals surface area contributed by atoms with Gasteiger partial charge in [-0.15, -0.1) is 0 Å². The summed E-state index contributed by atoms with van der Waals surface area (Å²) in [5.74, 6) is -0.985. The van der Waals surface area contributed by atoms with E-state index in [-0.39, 0.29) is 24.2 Å². The van der Waals surface area contributed by atoms with Crippen LogP contribution in [0.25, 0.3) is 11.4 Å². The van der Waals surface area contributed by atoms with Gasteiger partial charge >= 0.3 is 12.1 Å². The molecule has 11 heteroatoms. The van der Waals surface area contributed by atoms with Crippen molar-refractivity contribution in [1.29, 1.82) is 0 Å². The van der Waals surface area contributed by atoms with Crippen molar-refractivity contribution in [2.45, 2.75) is 32.0 Å². The Morgan fingerprint density at radius 1 is 1.30 bits per heavy atom. The van der Waals surface area contributed by atoms with E-state index in [1.165, 1.54) is 16.4 Å². The highest BCUT2D eigenvalue weighted by Gasteiger charge is 2.38. The molecule has 0 N–H and O–H groups in total. The van der Waals surface area contributed by atoms with Crippen LogP contribution in [0.5, 0.6) is 5.75 Å². The summed E-state index contributed by atoms with van der Waals surface area (Å²) in [4.78, 5) is 3.32. The number of aromatic nitrogens is 2. The maximum atomic E-state index is 12.5. The lowest BCUT2D eigenvalue weighted by molar-refractivity contribution is -0.159. The van der Waals surface area contributed by atoms with Gasteiger partial charge in [0.05, 0.1) is 12.3 Å². The Labute approximate surface area is 154 Å². The quantitative estimate of drug-likeness (QED) is 0.735. The molecule has 27 heavy (non-hydrogen) atoms. The standard InChI is InChI=1S/C16H18F3N3O4S/c1-2-9-27(23,24)22-8-7-13(10-22)25-12-5-3-11(4-6-12)14-20-15(26-21-14)16(17,18)19/h3-6,13H,2,7-10H2,1H3/t13-/m0/s1. The van der Waals surface area contributed by atoms with E-state index in [4.69, 9.17) is 4.74 Å². The predicted octanol–water partition coefficient (Wildman–Crippen LogP) is 2.95. The lowest BCUT2D eigenvalue weighted by atomic mass is 10.2. The first kappa shape index (κ1) is 19.6. The van der Waals surface area contributed by atoms with Crippen LogP contribution in [0.1, 0.15) is 25.7 Å². The molecule has 0 saturated carbocycles. The highest BCUT2D eigenvalue weighted by molar-refractivity contribution is 7.89. The number of ether oxygens (including phenoxy) is 1. The third-order valence-corrected chi connectivity index (χ3v) is 6.09. The minimum Gasteiger partial charge on any atom is -0.489 e. The largest absolute Gasteiger partial charge is 0.489 e. The average molecular weight is 405 g/mol. The number of hydrogen-bond acceptors (Lipinski definition) is 6. The predicted molar refractivity (Wildman–Crippen MR) is 89.4 cm³/mol. The molecule has 1 atom stereocenters. The smallest absolute Gasteiger partial charge is 0.471 e. The number of sulfonamides is 1. The van der Waals surface area contributed by atoms with Gasteiger partial charge in [0, 0.05) is 12.1 Å². The molecule has 0 aliphatic carbocycles. The van der Waals surface area contributed by atoms with Crippen LogP contribution in [0.4, 0.5) is 13.2 Å². The van der Waals surface area contributed by atoms with E-state index >= 15 is 0 Å². The van der Waals surface area contributed by atoms with Crippen LogP contribution >= 0.6 is 0 Å². The second-order valence-corrected chi connectivity index (χ2v) is 8.24. The fourth-order valence-electron chi connectivity index (χ4n) is 2.76. The molecular weight excluding hydrogens is 387 g/mol. The summed E-state index contributed by atoms with van der Waals surface area (Å²) in [5, 5.41) is 3.32. The van der Waals surface area contributed by atoms with Gasteiger partial charge in [0.2, 0.25) is 15.8 Å². The zero-order valence-corrected chi connectivity index (χ0v) is 15.3. The SMILES string of the molecule is CCCS(=O)(=O)N1CC[C@H](Oc2ccc(-c3noc(C(F)(F)F)n3)cc2)C1. The molecular formula is C16H18F3N3O4S. The van der Waals surface area contributed by atoms with Crippen molar-refractivity contribution in [2.75, 3.05) is 18.8 Å². The van der Waals surface area contributed by atoms with Crippen LogP contribution in [0, 0.1) is 0 Å². The molecule has 0 radical (unpaired) electrons. The van der Waals surface area contributed by atoms with Gasteiger partial charge in [0.1, 0.15) is 11.9 Å². The summed E-state index contributed by atoms with van der Waals surface area (Å²) in [5.41, 5.74) is 0.347. The van der Waals surface area contributed by atoms with Gasteiger partial charge in [-0.05, 0) is 37.1 Å². The van der Waals surface area contributed by atoms with Crippen LogP contribution in [0.15, 0.2) is 28.8 Å². The zero-order valence-electron chi connectivity index (χ0n) is 14.4. The number of nitrogens with zero attached hydrogens (tertiary/aromatic N) is 3. The third-order valence-electron chi connectivity index (χ3n) is 4.05. The van der Waals surface area contributed by atoms with E-state index < -0.39 is 22.1 Å². The topological polar surface area (TPSA) is 85.5 Å². The van der Waals surface area contributed by atoms with Gasteiger partial charge in [-0.2, -0.15) is 22.5 Å². The van der Waals surface area contributed by atoms with Gasteiger partial charge in [-0.3, -0.25) is 0 Å². The summed E-state index contributed by atoms with van der Waals surface area (Å²) < 4.78 is 73.1. The summed E-state index contributed by atoms with van der Waals surface area (Å²) in [6.45, 7) is 2.50. The Morgan fingerprint density at radius 2 is 2.00 bits per heavy atom. The van der Waals surface area contributed by atoms with Crippen molar-refractivity contribution in [3.8, 4) is 17.1 Å². The van der Waals surface area contributed by atoms with Crippen LogP contribution in [-0.2, 0) is 16.2 Å². The van der Waals surface area contributed by atoms with Crippen molar-refractivity contribution >= 4 is 10.0 Å². The van der Waals surface area contributed by atoms with Crippen molar-refractivity contribution in [3.05, 3.63) is 30.2 Å². The molecule has 0 spiro atoms. The number of rotatable bonds is 6. The molecule has 2 aromatic rings. The van der Waals surface area contributed by atoms with Crippen LogP contribution in [0.3, 0.4) is 0 Å². The van der Waals surface area contributed by atoms with E-state index in [2.05, 4.69) is 14.7 Å². The molecule has 1 saturated heterocycles. The molecule has 0 amide bonds. The number of alkyl halides is 3.